The summed E-state index contributed by atoms with van der Waals surface area (Å²) in [4.78, 5) is 27.7. The molecule has 0 saturated carbocycles. The zero-order valence-corrected chi connectivity index (χ0v) is 13.6. The Labute approximate surface area is 143 Å². The molecule has 2 heterocycles. The number of nitrogens with zero attached hydrogens (tertiary/aromatic N) is 4. The Balaban J connectivity index is 1.71. The van der Waals surface area contributed by atoms with Crippen LogP contribution in [0.25, 0.3) is 5.82 Å². The summed E-state index contributed by atoms with van der Waals surface area (Å²) in [6, 6.07) is 9.63. The van der Waals surface area contributed by atoms with E-state index >= 15 is 0 Å². The summed E-state index contributed by atoms with van der Waals surface area (Å²) in [7, 11) is 1.31. The van der Waals surface area contributed by atoms with Crippen LogP contribution in [0.1, 0.15) is 26.7 Å². The average molecular weight is 337 g/mol. The van der Waals surface area contributed by atoms with Gasteiger partial charge >= 0.3 is 5.97 Å². The summed E-state index contributed by atoms with van der Waals surface area (Å²) in [5.41, 5.74) is 1.12. The minimum Gasteiger partial charge on any atom is -0.465 e. The van der Waals surface area contributed by atoms with E-state index in [1.807, 2.05) is 6.92 Å². The summed E-state index contributed by atoms with van der Waals surface area (Å²) >= 11 is 0. The third-order valence-corrected chi connectivity index (χ3v) is 3.52. The smallest absolute Gasteiger partial charge is 0.337 e. The summed E-state index contributed by atoms with van der Waals surface area (Å²) < 4.78 is 6.39. The van der Waals surface area contributed by atoms with Gasteiger partial charge in [0.2, 0.25) is 0 Å². The lowest BCUT2D eigenvalue weighted by Gasteiger charge is -2.06. The highest BCUT2D eigenvalue weighted by Crippen LogP contribution is 2.12. The monoisotopic (exact) mass is 337 g/mol. The molecule has 0 aliphatic heterocycles. The molecule has 8 nitrogen and oxygen atoms in total. The van der Waals surface area contributed by atoms with Crippen LogP contribution in [0.4, 0.5) is 5.69 Å². The number of hydrogen-bond donors (Lipinski definition) is 1. The lowest BCUT2D eigenvalue weighted by atomic mass is 10.2. The molecule has 1 aromatic carbocycles. The highest BCUT2D eigenvalue weighted by atomic mass is 16.5. The van der Waals surface area contributed by atoms with E-state index in [9.17, 15) is 9.59 Å². The molecule has 25 heavy (non-hydrogen) atoms. The van der Waals surface area contributed by atoms with E-state index in [-0.39, 0.29) is 5.69 Å². The molecule has 1 amide bonds. The first-order valence-electron chi connectivity index (χ1n) is 7.42. The molecule has 126 valence electrons. The quantitative estimate of drug-likeness (QED) is 0.731. The van der Waals surface area contributed by atoms with Gasteiger partial charge in [-0.3, -0.25) is 9.36 Å². The molecule has 0 saturated heterocycles. The van der Waals surface area contributed by atoms with Gasteiger partial charge in [0.05, 0.1) is 12.7 Å². The van der Waals surface area contributed by atoms with Crippen LogP contribution in [0.3, 0.4) is 0 Å². The number of esters is 1. The number of imidazole rings is 1. The van der Waals surface area contributed by atoms with Crippen molar-refractivity contribution in [2.75, 3.05) is 12.4 Å². The highest BCUT2D eigenvalue weighted by molar-refractivity contribution is 6.03. The summed E-state index contributed by atoms with van der Waals surface area (Å²) in [5, 5.41) is 10.7. The van der Waals surface area contributed by atoms with Crippen molar-refractivity contribution in [2.45, 2.75) is 6.92 Å². The van der Waals surface area contributed by atoms with Gasteiger partial charge in [0.1, 0.15) is 5.82 Å². The third-order valence-electron chi connectivity index (χ3n) is 3.52. The van der Waals surface area contributed by atoms with Crippen LogP contribution in [0, 0.1) is 6.92 Å². The fourth-order valence-corrected chi connectivity index (χ4v) is 2.20. The molecule has 0 spiro atoms. The second kappa shape index (κ2) is 6.91. The number of aromatic nitrogens is 4. The van der Waals surface area contributed by atoms with E-state index in [1.165, 1.54) is 7.11 Å². The molecule has 1 N–H and O–H groups in total. The van der Waals surface area contributed by atoms with E-state index in [1.54, 1.807) is 53.4 Å². The largest absolute Gasteiger partial charge is 0.465 e. The molecule has 0 radical (unpaired) electrons. The maximum Gasteiger partial charge on any atom is 0.337 e. The van der Waals surface area contributed by atoms with Gasteiger partial charge in [-0.15, -0.1) is 10.2 Å². The molecule has 0 unspecified atom stereocenters. The number of carbonyl (C=O) groups excluding carboxylic acids is 2. The van der Waals surface area contributed by atoms with Crippen molar-refractivity contribution in [3.8, 4) is 5.82 Å². The fourth-order valence-electron chi connectivity index (χ4n) is 2.20. The van der Waals surface area contributed by atoms with Gasteiger partial charge in [0, 0.05) is 18.1 Å². The number of rotatable bonds is 4. The first-order valence-corrected chi connectivity index (χ1v) is 7.42. The Bertz CT molecular complexity index is 901. The van der Waals surface area contributed by atoms with Crippen LogP contribution in [0.2, 0.25) is 0 Å². The van der Waals surface area contributed by atoms with Crippen molar-refractivity contribution < 1.29 is 14.3 Å². The molecule has 0 aliphatic carbocycles. The third kappa shape index (κ3) is 3.52. The van der Waals surface area contributed by atoms with Crippen LogP contribution in [-0.4, -0.2) is 38.7 Å². The lowest BCUT2D eigenvalue weighted by molar-refractivity contribution is 0.0600. The van der Waals surface area contributed by atoms with Crippen molar-refractivity contribution in [1.82, 2.24) is 19.7 Å². The number of benzene rings is 1. The van der Waals surface area contributed by atoms with Crippen molar-refractivity contribution in [1.29, 1.82) is 0 Å². The minimum absolute atomic E-state index is 0.179. The number of methoxy groups -OCH3 is 1. The Morgan fingerprint density at radius 3 is 2.40 bits per heavy atom. The Hall–Kier alpha value is -3.55. The summed E-state index contributed by atoms with van der Waals surface area (Å²) in [5.74, 6) is 0.521. The van der Waals surface area contributed by atoms with Gasteiger partial charge in [-0.25, -0.2) is 9.78 Å². The van der Waals surface area contributed by atoms with E-state index in [2.05, 4.69) is 25.2 Å². The summed E-state index contributed by atoms with van der Waals surface area (Å²) in [6.45, 7) is 1.85. The van der Waals surface area contributed by atoms with Gasteiger partial charge in [0.25, 0.3) is 5.91 Å². The van der Waals surface area contributed by atoms with Crippen molar-refractivity contribution in [3.05, 3.63) is 65.9 Å². The molecule has 0 atom stereocenters. The molecule has 2 aromatic heterocycles. The molecule has 8 heteroatoms. The van der Waals surface area contributed by atoms with E-state index in [0.717, 1.165) is 5.82 Å². The topological polar surface area (TPSA) is 99.0 Å². The Kier molecular flexibility index (Phi) is 4.51. The standard InChI is InChI=1S/C17H15N5O3/c1-11-18-9-10-22(11)15-8-7-14(20-21-15)16(23)19-13-5-3-12(4-6-13)17(24)25-2/h3-10H,1-2H3,(H,19,23). The maximum absolute atomic E-state index is 12.2. The zero-order valence-electron chi connectivity index (χ0n) is 13.6. The van der Waals surface area contributed by atoms with Crippen molar-refractivity contribution >= 4 is 17.6 Å². The van der Waals surface area contributed by atoms with E-state index in [4.69, 9.17) is 0 Å². The number of hydrogen-bond acceptors (Lipinski definition) is 6. The average Bonchev–Trinajstić information content (AvgIpc) is 3.07. The normalized spacial score (nSPS) is 10.3. The molecule has 3 rings (SSSR count). The first-order chi connectivity index (χ1) is 12.1. The van der Waals surface area contributed by atoms with E-state index in [0.29, 0.717) is 17.1 Å². The number of nitrogens with one attached hydrogen (secondary N) is 1. The predicted molar refractivity (Wildman–Crippen MR) is 89.6 cm³/mol. The molecular weight excluding hydrogens is 322 g/mol. The van der Waals surface area contributed by atoms with Gasteiger partial charge in [-0.2, -0.15) is 0 Å². The first kappa shape index (κ1) is 16.3. The molecule has 0 bridgehead atoms. The number of anilines is 1. The second-order valence-corrected chi connectivity index (χ2v) is 5.14. The Morgan fingerprint density at radius 2 is 1.84 bits per heavy atom. The molecule has 3 aromatic rings. The fraction of sp³-hybridized carbons (Fsp3) is 0.118. The zero-order chi connectivity index (χ0) is 17.8. The van der Waals surface area contributed by atoms with Crippen molar-refractivity contribution in [3.63, 3.8) is 0 Å². The van der Waals surface area contributed by atoms with Crippen molar-refractivity contribution in [2.24, 2.45) is 0 Å². The molecular formula is C17H15N5O3. The van der Waals surface area contributed by atoms with Crippen LogP contribution in [0.5, 0.6) is 0 Å². The minimum atomic E-state index is -0.436. The predicted octanol–water partition coefficient (Wildman–Crippen LogP) is 2.01. The van der Waals surface area contributed by atoms with Crippen LogP contribution >= 0.6 is 0 Å². The number of ether oxygens (including phenoxy) is 1. The van der Waals surface area contributed by atoms with Crippen LogP contribution < -0.4 is 5.32 Å². The highest BCUT2D eigenvalue weighted by Gasteiger charge is 2.11. The molecule has 0 fully saturated rings. The van der Waals surface area contributed by atoms with Gasteiger partial charge in [0.15, 0.2) is 11.5 Å². The lowest BCUT2D eigenvalue weighted by Crippen LogP contribution is -2.15. The van der Waals surface area contributed by atoms with Gasteiger partial charge < -0.3 is 10.1 Å². The summed E-state index contributed by atoms with van der Waals surface area (Å²) in [6.07, 6.45) is 3.43. The van der Waals surface area contributed by atoms with Crippen LogP contribution in [-0.2, 0) is 4.74 Å². The maximum atomic E-state index is 12.2. The van der Waals surface area contributed by atoms with Crippen LogP contribution in [0.15, 0.2) is 48.8 Å². The number of carbonyl (C=O) groups is 2. The number of aryl methyl sites for hydroxylation is 1. The second-order valence-electron chi connectivity index (χ2n) is 5.14. The van der Waals surface area contributed by atoms with Gasteiger partial charge in [-0.1, -0.05) is 0 Å². The van der Waals surface area contributed by atoms with Gasteiger partial charge in [-0.05, 0) is 43.3 Å². The Morgan fingerprint density at radius 1 is 1.08 bits per heavy atom. The molecule has 0 aliphatic rings. The SMILES string of the molecule is COC(=O)c1ccc(NC(=O)c2ccc(-n3ccnc3C)nn2)cc1. The number of amides is 1. The van der Waals surface area contributed by atoms with E-state index < -0.39 is 11.9 Å².